The highest BCUT2D eigenvalue weighted by Crippen LogP contribution is 2.08. The summed E-state index contributed by atoms with van der Waals surface area (Å²) in [5.74, 6) is 0. The normalized spacial score (nSPS) is 11.9. The van der Waals surface area contributed by atoms with Gasteiger partial charge in [0.1, 0.15) is 0 Å². The maximum absolute atomic E-state index is 8.64. The Morgan fingerprint density at radius 2 is 1.17 bits per heavy atom. The fraction of sp³-hybridized carbons (Fsp3) is 0.765. The van der Waals surface area contributed by atoms with Crippen molar-refractivity contribution in [1.29, 1.82) is 0 Å². The third kappa shape index (κ3) is 15.4. The van der Waals surface area contributed by atoms with Crippen molar-refractivity contribution in [2.75, 3.05) is 6.61 Å². The molecule has 0 saturated carbocycles. The Morgan fingerprint density at radius 1 is 0.667 bits per heavy atom. The van der Waals surface area contributed by atoms with Crippen LogP contribution in [0.5, 0.6) is 0 Å². The highest BCUT2D eigenvalue weighted by molar-refractivity contribution is 5.02. The summed E-state index contributed by atoms with van der Waals surface area (Å²) in [5.41, 5.74) is 0. The third-order valence-electron chi connectivity index (χ3n) is 3.14. The lowest BCUT2D eigenvalue weighted by molar-refractivity contribution is 0.282. The van der Waals surface area contributed by atoms with Gasteiger partial charge in [0.15, 0.2) is 0 Å². The standard InChI is InChI=1S/C17H32O/c1-2-3-4-5-6-7-8-9-10-11-12-13-14-15-16-17-18/h5-8,18H,2-4,9-17H2,1H3. The predicted molar refractivity (Wildman–Crippen MR) is 81.8 cm³/mol. The predicted octanol–water partition coefficient (Wildman–Crippen LogP) is 5.40. The molecule has 18 heavy (non-hydrogen) atoms. The molecule has 0 fully saturated rings. The van der Waals surface area contributed by atoms with E-state index in [0.29, 0.717) is 6.61 Å². The number of rotatable bonds is 13. The maximum Gasteiger partial charge on any atom is 0.0431 e. The summed E-state index contributed by atoms with van der Waals surface area (Å²) in [6.07, 6.45) is 22.8. The first-order valence-corrected chi connectivity index (χ1v) is 7.84. The van der Waals surface area contributed by atoms with Crippen molar-refractivity contribution in [3.05, 3.63) is 24.3 Å². The summed E-state index contributed by atoms with van der Waals surface area (Å²) in [6, 6.07) is 0. The molecule has 0 amide bonds. The summed E-state index contributed by atoms with van der Waals surface area (Å²) in [6.45, 7) is 2.59. The number of hydrogen-bond acceptors (Lipinski definition) is 1. The highest BCUT2D eigenvalue weighted by Gasteiger charge is 1.90. The second-order valence-corrected chi connectivity index (χ2v) is 4.99. The lowest BCUT2D eigenvalue weighted by Crippen LogP contribution is -1.83. The minimum absolute atomic E-state index is 0.358. The van der Waals surface area contributed by atoms with E-state index in [0.717, 1.165) is 6.42 Å². The van der Waals surface area contributed by atoms with E-state index in [1.165, 1.54) is 64.2 Å². The van der Waals surface area contributed by atoms with Crippen molar-refractivity contribution < 1.29 is 5.11 Å². The molecule has 0 aliphatic rings. The van der Waals surface area contributed by atoms with Crippen LogP contribution in [0.15, 0.2) is 24.3 Å². The monoisotopic (exact) mass is 252 g/mol. The molecule has 0 heterocycles. The van der Waals surface area contributed by atoms with Crippen LogP contribution in [0.2, 0.25) is 0 Å². The van der Waals surface area contributed by atoms with Crippen LogP contribution in [0.1, 0.15) is 77.6 Å². The molecule has 0 bridgehead atoms. The van der Waals surface area contributed by atoms with E-state index in [-0.39, 0.29) is 0 Å². The van der Waals surface area contributed by atoms with Gasteiger partial charge in [-0.2, -0.15) is 0 Å². The molecule has 0 atom stereocenters. The number of unbranched alkanes of at least 4 members (excludes halogenated alkanes) is 9. The largest absolute Gasteiger partial charge is 0.396 e. The van der Waals surface area contributed by atoms with Gasteiger partial charge in [-0.1, -0.05) is 76.2 Å². The molecule has 0 aliphatic carbocycles. The second-order valence-electron chi connectivity index (χ2n) is 4.99. The van der Waals surface area contributed by atoms with E-state index >= 15 is 0 Å². The van der Waals surface area contributed by atoms with E-state index in [4.69, 9.17) is 5.11 Å². The first kappa shape index (κ1) is 17.4. The number of aliphatic hydroxyl groups is 1. The van der Waals surface area contributed by atoms with E-state index in [9.17, 15) is 0 Å². The van der Waals surface area contributed by atoms with Crippen molar-refractivity contribution in [3.8, 4) is 0 Å². The molecule has 0 saturated heterocycles. The van der Waals surface area contributed by atoms with Gasteiger partial charge in [0, 0.05) is 6.61 Å². The summed E-state index contributed by atoms with van der Waals surface area (Å²) in [7, 11) is 0. The molecule has 1 heteroatoms. The van der Waals surface area contributed by atoms with Crippen molar-refractivity contribution in [3.63, 3.8) is 0 Å². The molecule has 0 aliphatic heterocycles. The molecule has 0 aromatic rings. The zero-order valence-corrected chi connectivity index (χ0v) is 12.2. The Hall–Kier alpha value is -0.560. The van der Waals surface area contributed by atoms with Crippen LogP contribution in [-0.4, -0.2) is 11.7 Å². The van der Waals surface area contributed by atoms with Crippen LogP contribution in [0, 0.1) is 0 Å². The minimum Gasteiger partial charge on any atom is -0.396 e. The first-order valence-electron chi connectivity index (χ1n) is 7.84. The topological polar surface area (TPSA) is 20.2 Å². The average Bonchev–Trinajstić information content (AvgIpc) is 2.39. The molecule has 106 valence electrons. The molecular formula is C17H32O. The number of hydrogen-bond donors (Lipinski definition) is 1. The number of allylic oxidation sites excluding steroid dienone is 4. The molecular weight excluding hydrogens is 220 g/mol. The third-order valence-corrected chi connectivity index (χ3v) is 3.14. The number of aliphatic hydroxyl groups excluding tert-OH is 1. The van der Waals surface area contributed by atoms with Crippen LogP contribution in [0.3, 0.4) is 0 Å². The van der Waals surface area contributed by atoms with Gasteiger partial charge < -0.3 is 5.11 Å². The van der Waals surface area contributed by atoms with Gasteiger partial charge in [-0.25, -0.2) is 0 Å². The Morgan fingerprint density at radius 3 is 1.72 bits per heavy atom. The van der Waals surface area contributed by atoms with E-state index in [2.05, 4.69) is 31.2 Å². The van der Waals surface area contributed by atoms with Gasteiger partial charge in [-0.05, 0) is 25.7 Å². The van der Waals surface area contributed by atoms with E-state index in [1.807, 2.05) is 0 Å². The van der Waals surface area contributed by atoms with Crippen LogP contribution < -0.4 is 0 Å². The zero-order valence-electron chi connectivity index (χ0n) is 12.2. The van der Waals surface area contributed by atoms with Gasteiger partial charge >= 0.3 is 0 Å². The average molecular weight is 252 g/mol. The highest BCUT2D eigenvalue weighted by atomic mass is 16.2. The van der Waals surface area contributed by atoms with Crippen LogP contribution in [-0.2, 0) is 0 Å². The smallest absolute Gasteiger partial charge is 0.0431 e. The van der Waals surface area contributed by atoms with Crippen molar-refractivity contribution in [2.24, 2.45) is 0 Å². The summed E-state index contributed by atoms with van der Waals surface area (Å²) in [4.78, 5) is 0. The summed E-state index contributed by atoms with van der Waals surface area (Å²) < 4.78 is 0. The van der Waals surface area contributed by atoms with Crippen LogP contribution in [0.4, 0.5) is 0 Å². The molecule has 1 nitrogen and oxygen atoms in total. The Labute approximate surface area is 114 Å². The fourth-order valence-corrected chi connectivity index (χ4v) is 1.93. The molecule has 0 radical (unpaired) electrons. The van der Waals surface area contributed by atoms with E-state index < -0.39 is 0 Å². The Kier molecular flexibility index (Phi) is 15.9. The molecule has 0 aromatic heterocycles. The lowest BCUT2D eigenvalue weighted by atomic mass is 10.1. The van der Waals surface area contributed by atoms with Crippen molar-refractivity contribution >= 4 is 0 Å². The summed E-state index contributed by atoms with van der Waals surface area (Å²) in [5, 5.41) is 8.64. The van der Waals surface area contributed by atoms with Gasteiger partial charge in [0.05, 0.1) is 0 Å². The Balaban J connectivity index is 3.10. The lowest BCUT2D eigenvalue weighted by Gasteiger charge is -1.99. The van der Waals surface area contributed by atoms with Gasteiger partial charge in [-0.15, -0.1) is 0 Å². The molecule has 0 aromatic carbocycles. The van der Waals surface area contributed by atoms with Crippen LogP contribution in [0.25, 0.3) is 0 Å². The van der Waals surface area contributed by atoms with Gasteiger partial charge in [0.2, 0.25) is 0 Å². The van der Waals surface area contributed by atoms with Gasteiger partial charge in [-0.3, -0.25) is 0 Å². The molecule has 0 spiro atoms. The van der Waals surface area contributed by atoms with Crippen molar-refractivity contribution in [1.82, 2.24) is 0 Å². The molecule has 0 rings (SSSR count). The summed E-state index contributed by atoms with van der Waals surface area (Å²) >= 11 is 0. The van der Waals surface area contributed by atoms with Gasteiger partial charge in [0.25, 0.3) is 0 Å². The molecule has 1 N–H and O–H groups in total. The second kappa shape index (κ2) is 16.4. The quantitative estimate of drug-likeness (QED) is 0.343. The first-order chi connectivity index (χ1) is 8.91. The van der Waals surface area contributed by atoms with Crippen LogP contribution >= 0.6 is 0 Å². The van der Waals surface area contributed by atoms with Crippen molar-refractivity contribution in [2.45, 2.75) is 77.6 Å². The maximum atomic E-state index is 8.64. The zero-order chi connectivity index (χ0) is 13.3. The SMILES string of the molecule is CCCCC=CC=CCCCCCCCCCO. The minimum atomic E-state index is 0.358. The fourth-order valence-electron chi connectivity index (χ4n) is 1.93. The van der Waals surface area contributed by atoms with E-state index in [1.54, 1.807) is 0 Å². The molecule has 0 unspecified atom stereocenters. The Bertz CT molecular complexity index is 194.